The van der Waals surface area contributed by atoms with Crippen molar-refractivity contribution in [2.24, 2.45) is 0 Å². The van der Waals surface area contributed by atoms with Gasteiger partial charge in [0, 0.05) is 12.2 Å². The Morgan fingerprint density at radius 2 is 2.10 bits per heavy atom. The lowest BCUT2D eigenvalue weighted by molar-refractivity contribution is -0.122. The molecule has 29 heavy (non-hydrogen) atoms. The third kappa shape index (κ3) is 3.33. The molecule has 8 nitrogen and oxygen atoms in total. The Bertz CT molecular complexity index is 1140. The zero-order valence-electron chi connectivity index (χ0n) is 15.6. The summed E-state index contributed by atoms with van der Waals surface area (Å²) >= 11 is 1.58. The summed E-state index contributed by atoms with van der Waals surface area (Å²) in [6.45, 7) is 1.12. The van der Waals surface area contributed by atoms with Gasteiger partial charge in [-0.25, -0.2) is 9.97 Å². The van der Waals surface area contributed by atoms with Crippen molar-refractivity contribution in [3.8, 4) is 5.69 Å². The Morgan fingerprint density at radius 3 is 3.00 bits per heavy atom. The maximum atomic E-state index is 13.0. The van der Waals surface area contributed by atoms with E-state index in [1.807, 2.05) is 46.3 Å². The fourth-order valence-corrected chi connectivity index (χ4v) is 4.49. The molecule has 9 heteroatoms. The Labute approximate surface area is 171 Å². The lowest BCUT2D eigenvalue weighted by Gasteiger charge is -2.25. The summed E-state index contributed by atoms with van der Waals surface area (Å²) < 4.78 is 1.88. The van der Waals surface area contributed by atoms with Gasteiger partial charge in [0.05, 0.1) is 11.9 Å². The van der Waals surface area contributed by atoms with Crippen molar-refractivity contribution in [3.05, 3.63) is 60.3 Å². The zero-order valence-corrected chi connectivity index (χ0v) is 16.4. The molecule has 0 spiro atoms. The lowest BCUT2D eigenvalue weighted by atomic mass is 10.2. The first-order chi connectivity index (χ1) is 14.3. The van der Waals surface area contributed by atoms with Gasteiger partial charge in [0.15, 0.2) is 5.82 Å². The number of nitrogens with zero attached hydrogens (tertiary/aromatic N) is 6. The SMILES string of the molecule is O=C(NCc1nncn1-c1ccccc1)C1CCCN1c1ncnc2sccc12. The highest BCUT2D eigenvalue weighted by Crippen LogP contribution is 2.31. The number of thiophene rings is 1. The van der Waals surface area contributed by atoms with Gasteiger partial charge in [-0.1, -0.05) is 18.2 Å². The fourth-order valence-electron chi connectivity index (χ4n) is 3.77. The van der Waals surface area contributed by atoms with Crippen molar-refractivity contribution in [2.45, 2.75) is 25.4 Å². The van der Waals surface area contributed by atoms with Crippen molar-refractivity contribution < 1.29 is 4.79 Å². The third-order valence-electron chi connectivity index (χ3n) is 5.14. The molecule has 5 rings (SSSR count). The molecular formula is C20H19N7OS. The molecule has 4 aromatic rings. The average molecular weight is 405 g/mol. The summed E-state index contributed by atoms with van der Waals surface area (Å²) in [5.74, 6) is 1.50. The third-order valence-corrected chi connectivity index (χ3v) is 5.96. The number of hydrogen-bond acceptors (Lipinski definition) is 7. The molecule has 0 bridgehead atoms. The first-order valence-corrected chi connectivity index (χ1v) is 10.4. The van der Waals surface area contributed by atoms with Gasteiger partial charge in [-0.15, -0.1) is 21.5 Å². The van der Waals surface area contributed by atoms with Gasteiger partial charge in [0.1, 0.15) is 29.3 Å². The van der Waals surface area contributed by atoms with E-state index in [9.17, 15) is 4.79 Å². The van der Waals surface area contributed by atoms with Gasteiger partial charge < -0.3 is 10.2 Å². The molecule has 3 aromatic heterocycles. The molecule has 1 fully saturated rings. The number of amides is 1. The normalized spacial score (nSPS) is 16.4. The van der Waals surface area contributed by atoms with E-state index < -0.39 is 0 Å². The fraction of sp³-hybridized carbons (Fsp3) is 0.250. The number of carbonyl (C=O) groups excluding carboxylic acids is 1. The highest BCUT2D eigenvalue weighted by molar-refractivity contribution is 7.16. The van der Waals surface area contributed by atoms with Gasteiger partial charge in [0.25, 0.3) is 0 Å². The van der Waals surface area contributed by atoms with E-state index in [0.717, 1.165) is 41.1 Å². The maximum Gasteiger partial charge on any atom is 0.243 e. The average Bonchev–Trinajstić information content (AvgIpc) is 3.52. The Hall–Kier alpha value is -3.33. The van der Waals surface area contributed by atoms with E-state index in [1.165, 1.54) is 0 Å². The zero-order chi connectivity index (χ0) is 19.6. The summed E-state index contributed by atoms with van der Waals surface area (Å²) in [7, 11) is 0. The molecule has 1 aromatic carbocycles. The first-order valence-electron chi connectivity index (χ1n) is 9.48. The largest absolute Gasteiger partial charge is 0.347 e. The molecule has 1 atom stereocenters. The number of rotatable bonds is 5. The van der Waals surface area contributed by atoms with E-state index in [0.29, 0.717) is 12.4 Å². The van der Waals surface area contributed by atoms with Crippen LogP contribution in [0.1, 0.15) is 18.7 Å². The number of aromatic nitrogens is 5. The van der Waals surface area contributed by atoms with Gasteiger partial charge in [0.2, 0.25) is 5.91 Å². The van der Waals surface area contributed by atoms with Crippen LogP contribution in [0, 0.1) is 0 Å². The lowest BCUT2D eigenvalue weighted by Crippen LogP contribution is -2.43. The molecule has 1 saturated heterocycles. The molecule has 4 heterocycles. The van der Waals surface area contributed by atoms with E-state index in [4.69, 9.17) is 0 Å². The summed E-state index contributed by atoms with van der Waals surface area (Å²) in [5, 5.41) is 14.2. The van der Waals surface area contributed by atoms with Crippen molar-refractivity contribution in [1.29, 1.82) is 0 Å². The molecule has 146 valence electrons. The number of anilines is 1. The van der Waals surface area contributed by atoms with Crippen LogP contribution >= 0.6 is 11.3 Å². The Balaban J connectivity index is 1.33. The van der Waals surface area contributed by atoms with E-state index in [-0.39, 0.29) is 11.9 Å². The monoisotopic (exact) mass is 405 g/mol. The predicted molar refractivity (Wildman–Crippen MR) is 111 cm³/mol. The molecule has 0 saturated carbocycles. The van der Waals surface area contributed by atoms with E-state index in [2.05, 4.69) is 30.4 Å². The second-order valence-electron chi connectivity index (χ2n) is 6.86. The maximum absolute atomic E-state index is 13.0. The van der Waals surface area contributed by atoms with Crippen LogP contribution in [0.25, 0.3) is 15.9 Å². The van der Waals surface area contributed by atoms with Crippen LogP contribution in [-0.4, -0.2) is 43.2 Å². The standard InChI is InChI=1S/C20H19N7OS/c28-19(21-11-17-25-24-13-27(17)14-5-2-1-3-6-14)16-7-4-9-26(16)18-15-8-10-29-20(15)23-12-22-18/h1-3,5-6,8,10,12-13,16H,4,7,9,11H2,(H,21,28). The first kappa shape index (κ1) is 17.7. The minimum atomic E-state index is -0.249. The van der Waals surface area contributed by atoms with Crippen LogP contribution in [0.4, 0.5) is 5.82 Å². The number of carbonyl (C=O) groups is 1. The summed E-state index contributed by atoms with van der Waals surface area (Å²) in [6, 6.07) is 11.6. The predicted octanol–water partition coefficient (Wildman–Crippen LogP) is 2.56. The van der Waals surface area contributed by atoms with E-state index in [1.54, 1.807) is 24.0 Å². The van der Waals surface area contributed by atoms with Crippen molar-refractivity contribution in [2.75, 3.05) is 11.4 Å². The van der Waals surface area contributed by atoms with Crippen LogP contribution in [-0.2, 0) is 11.3 Å². The minimum absolute atomic E-state index is 0.0212. The number of para-hydroxylation sites is 1. The molecule has 1 aliphatic heterocycles. The minimum Gasteiger partial charge on any atom is -0.347 e. The number of hydrogen-bond donors (Lipinski definition) is 1. The molecule has 1 amide bonds. The van der Waals surface area contributed by atoms with Crippen LogP contribution in [0.5, 0.6) is 0 Å². The van der Waals surface area contributed by atoms with Crippen molar-refractivity contribution >= 4 is 33.3 Å². The molecule has 1 aliphatic rings. The summed E-state index contributed by atoms with van der Waals surface area (Å²) in [5.41, 5.74) is 0.963. The Morgan fingerprint density at radius 1 is 1.21 bits per heavy atom. The van der Waals surface area contributed by atoms with E-state index >= 15 is 0 Å². The highest BCUT2D eigenvalue weighted by Gasteiger charge is 2.32. The second-order valence-corrected chi connectivity index (χ2v) is 7.75. The summed E-state index contributed by atoms with van der Waals surface area (Å²) in [4.78, 5) is 24.8. The number of nitrogens with one attached hydrogen (secondary N) is 1. The molecule has 0 radical (unpaired) electrons. The quantitative estimate of drug-likeness (QED) is 0.549. The Kier molecular flexibility index (Phi) is 4.65. The van der Waals surface area contributed by atoms with Crippen molar-refractivity contribution in [3.63, 3.8) is 0 Å². The molecule has 0 aliphatic carbocycles. The molecular weight excluding hydrogens is 386 g/mol. The van der Waals surface area contributed by atoms with Crippen molar-refractivity contribution in [1.82, 2.24) is 30.0 Å². The van der Waals surface area contributed by atoms with Gasteiger partial charge in [-0.3, -0.25) is 9.36 Å². The molecule has 1 N–H and O–H groups in total. The van der Waals surface area contributed by atoms with Crippen LogP contribution in [0.2, 0.25) is 0 Å². The van der Waals surface area contributed by atoms with Crippen LogP contribution < -0.4 is 10.2 Å². The van der Waals surface area contributed by atoms with Gasteiger partial charge >= 0.3 is 0 Å². The summed E-state index contributed by atoms with van der Waals surface area (Å²) in [6.07, 6.45) is 4.98. The molecule has 1 unspecified atom stereocenters. The highest BCUT2D eigenvalue weighted by atomic mass is 32.1. The topological polar surface area (TPSA) is 88.8 Å². The number of fused-ring (bicyclic) bond motifs is 1. The van der Waals surface area contributed by atoms with Crippen LogP contribution in [0.15, 0.2) is 54.4 Å². The second kappa shape index (κ2) is 7.59. The van der Waals surface area contributed by atoms with Gasteiger partial charge in [-0.05, 0) is 36.4 Å². The smallest absolute Gasteiger partial charge is 0.243 e. The number of benzene rings is 1. The van der Waals surface area contributed by atoms with Gasteiger partial charge in [-0.2, -0.15) is 0 Å². The van der Waals surface area contributed by atoms with Crippen LogP contribution in [0.3, 0.4) is 0 Å².